The summed E-state index contributed by atoms with van der Waals surface area (Å²) in [6, 6.07) is 0. The highest BCUT2D eigenvalue weighted by atomic mass is 32.1. The van der Waals surface area contributed by atoms with Gasteiger partial charge in [-0.3, -0.25) is 0 Å². The van der Waals surface area contributed by atoms with Gasteiger partial charge in [0.2, 0.25) is 0 Å². The van der Waals surface area contributed by atoms with Gasteiger partial charge in [0.15, 0.2) is 5.13 Å². The van der Waals surface area contributed by atoms with E-state index < -0.39 is 0 Å². The average molecular weight is 199 g/mol. The van der Waals surface area contributed by atoms with E-state index in [2.05, 4.69) is 36.1 Å². The molecule has 0 saturated carbocycles. The number of anilines is 1. The van der Waals surface area contributed by atoms with E-state index in [1.54, 1.807) is 11.3 Å². The first-order chi connectivity index (χ1) is 6.19. The zero-order valence-corrected chi connectivity index (χ0v) is 9.53. The van der Waals surface area contributed by atoms with Crippen LogP contribution in [0.3, 0.4) is 0 Å². The highest BCUT2D eigenvalue weighted by molar-refractivity contribution is 7.15. The molecule has 1 aromatic heterocycles. The lowest BCUT2D eigenvalue weighted by molar-refractivity contribution is 0.822. The first-order valence-electron chi connectivity index (χ1n) is 4.51. The third-order valence-electron chi connectivity index (χ3n) is 2.02. The van der Waals surface area contributed by atoms with Gasteiger partial charge in [-0.15, -0.1) is 11.3 Å². The molecule has 0 unspecified atom stereocenters. The molecule has 3 nitrogen and oxygen atoms in total. The SMILES string of the molecule is CCN(C)c1nc(C)c(CNC)s1. The van der Waals surface area contributed by atoms with Crippen LogP contribution in [-0.4, -0.2) is 25.6 Å². The summed E-state index contributed by atoms with van der Waals surface area (Å²) in [5.74, 6) is 0. The van der Waals surface area contributed by atoms with Crippen molar-refractivity contribution in [1.29, 1.82) is 0 Å². The molecule has 1 aromatic rings. The lowest BCUT2D eigenvalue weighted by Crippen LogP contribution is -2.15. The second-order valence-electron chi connectivity index (χ2n) is 3.05. The zero-order valence-electron chi connectivity index (χ0n) is 8.72. The summed E-state index contributed by atoms with van der Waals surface area (Å²) < 4.78 is 0. The zero-order chi connectivity index (χ0) is 9.84. The third kappa shape index (κ3) is 2.42. The van der Waals surface area contributed by atoms with Crippen LogP contribution in [0.5, 0.6) is 0 Å². The van der Waals surface area contributed by atoms with Gasteiger partial charge in [0.1, 0.15) is 0 Å². The Morgan fingerprint density at radius 1 is 1.54 bits per heavy atom. The van der Waals surface area contributed by atoms with Gasteiger partial charge in [-0.25, -0.2) is 4.98 Å². The fourth-order valence-electron chi connectivity index (χ4n) is 1.04. The van der Waals surface area contributed by atoms with Crippen LogP contribution in [0.2, 0.25) is 0 Å². The van der Waals surface area contributed by atoms with Crippen LogP contribution in [0.4, 0.5) is 5.13 Å². The van der Waals surface area contributed by atoms with E-state index in [0.717, 1.165) is 23.9 Å². The minimum atomic E-state index is 0.918. The predicted octanol–water partition coefficient (Wildman–Crippen LogP) is 1.63. The Hall–Kier alpha value is -0.610. The van der Waals surface area contributed by atoms with Crippen molar-refractivity contribution in [3.8, 4) is 0 Å². The molecule has 0 spiro atoms. The summed E-state index contributed by atoms with van der Waals surface area (Å²) in [4.78, 5) is 8.00. The molecule has 0 bridgehead atoms. The van der Waals surface area contributed by atoms with Crippen LogP contribution in [0.25, 0.3) is 0 Å². The number of thiazole rings is 1. The molecular formula is C9H17N3S. The molecule has 4 heteroatoms. The van der Waals surface area contributed by atoms with Crippen LogP contribution in [0, 0.1) is 6.92 Å². The molecule has 0 aliphatic rings. The van der Waals surface area contributed by atoms with Gasteiger partial charge in [-0.1, -0.05) is 0 Å². The monoisotopic (exact) mass is 199 g/mol. The largest absolute Gasteiger partial charge is 0.351 e. The van der Waals surface area contributed by atoms with Crippen LogP contribution in [0.1, 0.15) is 17.5 Å². The van der Waals surface area contributed by atoms with Crippen molar-refractivity contribution in [3.05, 3.63) is 10.6 Å². The Morgan fingerprint density at radius 3 is 2.77 bits per heavy atom. The van der Waals surface area contributed by atoms with Gasteiger partial charge in [-0.2, -0.15) is 0 Å². The molecule has 0 atom stereocenters. The molecule has 0 aliphatic carbocycles. The summed E-state index contributed by atoms with van der Waals surface area (Å²) in [6.45, 7) is 6.12. The maximum atomic E-state index is 4.50. The summed E-state index contributed by atoms with van der Waals surface area (Å²) in [5.41, 5.74) is 1.15. The van der Waals surface area contributed by atoms with E-state index in [1.165, 1.54) is 4.88 Å². The summed E-state index contributed by atoms with van der Waals surface area (Å²) in [7, 11) is 4.03. The van der Waals surface area contributed by atoms with Crippen molar-refractivity contribution in [3.63, 3.8) is 0 Å². The van der Waals surface area contributed by atoms with Crippen LogP contribution in [0.15, 0.2) is 0 Å². The number of hydrogen-bond acceptors (Lipinski definition) is 4. The maximum Gasteiger partial charge on any atom is 0.185 e. The normalized spacial score (nSPS) is 10.5. The smallest absolute Gasteiger partial charge is 0.185 e. The first-order valence-corrected chi connectivity index (χ1v) is 5.32. The molecule has 1 heterocycles. The molecule has 13 heavy (non-hydrogen) atoms. The quantitative estimate of drug-likeness (QED) is 0.799. The molecule has 0 fully saturated rings. The fourth-order valence-corrected chi connectivity index (χ4v) is 2.13. The Balaban J connectivity index is 2.81. The van der Waals surface area contributed by atoms with Crippen LogP contribution in [-0.2, 0) is 6.54 Å². The number of nitrogens with zero attached hydrogens (tertiary/aromatic N) is 2. The highest BCUT2D eigenvalue weighted by Crippen LogP contribution is 2.24. The molecule has 74 valence electrons. The maximum absolute atomic E-state index is 4.50. The minimum absolute atomic E-state index is 0.918. The summed E-state index contributed by atoms with van der Waals surface area (Å²) >= 11 is 1.77. The van der Waals surface area contributed by atoms with Crippen molar-refractivity contribution in [2.24, 2.45) is 0 Å². The molecule has 0 saturated heterocycles. The molecule has 0 aliphatic heterocycles. The van der Waals surface area contributed by atoms with E-state index in [1.807, 2.05) is 7.05 Å². The summed E-state index contributed by atoms with van der Waals surface area (Å²) in [6.07, 6.45) is 0. The van der Waals surface area contributed by atoms with E-state index in [4.69, 9.17) is 0 Å². The average Bonchev–Trinajstić information content (AvgIpc) is 2.47. The highest BCUT2D eigenvalue weighted by Gasteiger charge is 2.08. The van der Waals surface area contributed by atoms with Crippen molar-refractivity contribution in [2.75, 3.05) is 25.5 Å². The Labute approximate surface area is 83.8 Å². The molecule has 0 amide bonds. The molecule has 0 radical (unpaired) electrons. The van der Waals surface area contributed by atoms with Gasteiger partial charge in [0, 0.05) is 25.0 Å². The second kappa shape index (κ2) is 4.58. The van der Waals surface area contributed by atoms with Gasteiger partial charge < -0.3 is 10.2 Å². The van der Waals surface area contributed by atoms with Gasteiger partial charge in [0.25, 0.3) is 0 Å². The second-order valence-corrected chi connectivity index (χ2v) is 4.11. The Morgan fingerprint density at radius 2 is 2.23 bits per heavy atom. The van der Waals surface area contributed by atoms with E-state index >= 15 is 0 Å². The van der Waals surface area contributed by atoms with Crippen LogP contribution < -0.4 is 10.2 Å². The standard InChI is InChI=1S/C9H17N3S/c1-5-12(4)9-11-7(2)8(13-9)6-10-3/h10H,5-6H2,1-4H3. The Kier molecular flexibility index (Phi) is 3.69. The lowest BCUT2D eigenvalue weighted by atomic mass is 10.4. The molecule has 1 rings (SSSR count). The van der Waals surface area contributed by atoms with Gasteiger partial charge >= 0.3 is 0 Å². The molecular weight excluding hydrogens is 182 g/mol. The molecule has 1 N–H and O–H groups in total. The Bertz CT molecular complexity index is 270. The van der Waals surface area contributed by atoms with Crippen molar-refractivity contribution >= 4 is 16.5 Å². The van der Waals surface area contributed by atoms with E-state index in [9.17, 15) is 0 Å². The van der Waals surface area contributed by atoms with Crippen molar-refractivity contribution in [1.82, 2.24) is 10.3 Å². The summed E-state index contributed by atoms with van der Waals surface area (Å²) in [5, 5.41) is 4.26. The first kappa shape index (κ1) is 10.5. The number of nitrogens with one attached hydrogen (secondary N) is 1. The van der Waals surface area contributed by atoms with Gasteiger partial charge in [0.05, 0.1) is 5.69 Å². The van der Waals surface area contributed by atoms with Gasteiger partial charge in [-0.05, 0) is 20.9 Å². The van der Waals surface area contributed by atoms with Crippen LogP contribution >= 0.6 is 11.3 Å². The fraction of sp³-hybridized carbons (Fsp3) is 0.667. The lowest BCUT2D eigenvalue weighted by Gasteiger charge is -2.11. The number of aryl methyl sites for hydroxylation is 1. The number of aromatic nitrogens is 1. The molecule has 0 aromatic carbocycles. The van der Waals surface area contributed by atoms with Crippen molar-refractivity contribution < 1.29 is 0 Å². The van der Waals surface area contributed by atoms with Crippen molar-refractivity contribution in [2.45, 2.75) is 20.4 Å². The predicted molar refractivity (Wildman–Crippen MR) is 58.6 cm³/mol. The topological polar surface area (TPSA) is 28.2 Å². The number of rotatable bonds is 4. The third-order valence-corrected chi connectivity index (χ3v) is 3.29. The van der Waals surface area contributed by atoms with E-state index in [-0.39, 0.29) is 0 Å². The van der Waals surface area contributed by atoms with E-state index in [0.29, 0.717) is 0 Å². The number of hydrogen-bond donors (Lipinski definition) is 1. The minimum Gasteiger partial charge on any atom is -0.351 e.